The number of hydrogen-bond donors (Lipinski definition) is 1. The summed E-state index contributed by atoms with van der Waals surface area (Å²) in [6.45, 7) is 0.176. The van der Waals surface area contributed by atoms with Crippen LogP contribution in [-0.4, -0.2) is 55.1 Å². The molecule has 1 aliphatic rings. The molecule has 0 spiro atoms. The van der Waals surface area contributed by atoms with E-state index in [1.807, 2.05) is 19.2 Å². The number of methoxy groups -OCH3 is 2. The summed E-state index contributed by atoms with van der Waals surface area (Å²) in [5.41, 5.74) is 2.42. The lowest BCUT2D eigenvalue weighted by Crippen LogP contribution is -2.44. The Hall–Kier alpha value is -3.60. The second-order valence-electron chi connectivity index (χ2n) is 10.2. The molecule has 2 heterocycles. The van der Waals surface area contributed by atoms with Crippen molar-refractivity contribution in [2.75, 3.05) is 21.3 Å². The van der Waals surface area contributed by atoms with Crippen molar-refractivity contribution in [2.45, 2.75) is 44.3 Å². The Morgan fingerprint density at radius 2 is 1.76 bits per heavy atom. The number of carbonyl (C=O) groups is 2. The highest BCUT2D eigenvalue weighted by Crippen LogP contribution is 2.40. The van der Waals surface area contributed by atoms with Crippen LogP contribution in [0.5, 0.6) is 5.75 Å². The molecule has 1 saturated carbocycles. The van der Waals surface area contributed by atoms with Gasteiger partial charge in [0.25, 0.3) is 5.91 Å². The molecule has 0 radical (unpaired) electrons. The van der Waals surface area contributed by atoms with Gasteiger partial charge in [-0.3, -0.25) is 4.79 Å². The molecule has 2 aromatic carbocycles. The molecule has 42 heavy (non-hydrogen) atoms. The van der Waals surface area contributed by atoms with Gasteiger partial charge in [-0.05, 0) is 80.3 Å². The smallest absolute Gasteiger partial charge is 0.356 e. The number of nitrogens with zero attached hydrogens (tertiary/aromatic N) is 2. The van der Waals surface area contributed by atoms with E-state index in [9.17, 15) is 18.4 Å². The zero-order chi connectivity index (χ0) is 30.0. The lowest BCUT2D eigenvalue weighted by molar-refractivity contribution is 0.0590. The van der Waals surface area contributed by atoms with E-state index in [4.69, 9.17) is 21.1 Å². The molecule has 1 amide bonds. The minimum atomic E-state index is -0.675. The molecule has 0 saturated heterocycles. The van der Waals surface area contributed by atoms with Gasteiger partial charge in [-0.2, -0.15) is 0 Å². The van der Waals surface area contributed by atoms with Crippen molar-refractivity contribution in [3.05, 3.63) is 81.5 Å². The number of halogens is 3. The largest absolute Gasteiger partial charge is 0.496 e. The molecule has 0 unspecified atom stereocenters. The molecule has 220 valence electrons. The first-order chi connectivity index (χ1) is 20.2. The minimum Gasteiger partial charge on any atom is -0.496 e. The van der Waals surface area contributed by atoms with E-state index in [0.29, 0.717) is 11.8 Å². The van der Waals surface area contributed by atoms with Crippen molar-refractivity contribution in [3.8, 4) is 16.9 Å². The Kier molecular flexibility index (Phi) is 9.05. The molecule has 0 atom stereocenters. The van der Waals surface area contributed by atoms with E-state index in [-0.39, 0.29) is 38.3 Å². The topological polar surface area (TPSA) is 80.8 Å². The minimum absolute atomic E-state index is 0.0147. The number of thiophene rings is 1. The van der Waals surface area contributed by atoms with Gasteiger partial charge in [0.15, 0.2) is 0 Å². The maximum Gasteiger partial charge on any atom is 0.356 e. The van der Waals surface area contributed by atoms with E-state index < -0.39 is 23.5 Å². The standard InChI is InChI=1S/C31H30ClF2N3O4S/c1-35-20-5-7-21(8-6-20)37(30(38)29-27(32)26-22(33)9-10-23(34)28(26)42-29)16-19-14-17(4-11-25(19)40-2)18-12-13-36-24(15-18)31(39)41-3/h4,9-15,20-21,35H,5-8,16H2,1-3H3/t20-,21+. The number of rotatable bonds is 8. The van der Waals surface area contributed by atoms with Crippen molar-refractivity contribution < 1.29 is 27.8 Å². The predicted octanol–water partition coefficient (Wildman–Crippen LogP) is 6.86. The van der Waals surface area contributed by atoms with Crippen molar-refractivity contribution in [1.82, 2.24) is 15.2 Å². The molecule has 1 aliphatic carbocycles. The first-order valence-electron chi connectivity index (χ1n) is 13.5. The fourth-order valence-corrected chi connectivity index (χ4v) is 7.01. The number of nitrogens with one attached hydrogen (secondary N) is 1. The van der Waals surface area contributed by atoms with Crippen LogP contribution in [0.2, 0.25) is 5.02 Å². The van der Waals surface area contributed by atoms with Gasteiger partial charge in [-0.1, -0.05) is 17.7 Å². The lowest BCUT2D eigenvalue weighted by Gasteiger charge is -2.37. The maximum atomic E-state index is 14.7. The second kappa shape index (κ2) is 12.7. The maximum absolute atomic E-state index is 14.7. The summed E-state index contributed by atoms with van der Waals surface area (Å²) in [5, 5.41) is 3.14. The van der Waals surface area contributed by atoms with E-state index >= 15 is 0 Å². The summed E-state index contributed by atoms with van der Waals surface area (Å²) < 4.78 is 39.8. The summed E-state index contributed by atoms with van der Waals surface area (Å²) in [7, 11) is 4.78. The lowest BCUT2D eigenvalue weighted by atomic mass is 9.89. The SMILES string of the molecule is CN[C@H]1CC[C@@H](N(Cc2cc(-c3ccnc(C(=O)OC)c3)ccc2OC)C(=O)c2sc3c(F)ccc(F)c3c2Cl)CC1. The Morgan fingerprint density at radius 3 is 2.43 bits per heavy atom. The summed E-state index contributed by atoms with van der Waals surface area (Å²) in [6.07, 6.45) is 4.77. The number of amides is 1. The molecule has 2 aromatic heterocycles. The van der Waals surface area contributed by atoms with Gasteiger partial charge in [-0.15, -0.1) is 11.3 Å². The number of pyridine rings is 1. The van der Waals surface area contributed by atoms with E-state index in [2.05, 4.69) is 10.3 Å². The van der Waals surface area contributed by atoms with Crippen LogP contribution >= 0.6 is 22.9 Å². The van der Waals surface area contributed by atoms with Crippen LogP contribution in [-0.2, 0) is 11.3 Å². The molecular formula is C31H30ClF2N3O4S. The normalized spacial score (nSPS) is 16.8. The number of benzene rings is 2. The zero-order valence-corrected chi connectivity index (χ0v) is 25.0. The molecular weight excluding hydrogens is 584 g/mol. The van der Waals surface area contributed by atoms with E-state index in [1.54, 1.807) is 30.2 Å². The highest BCUT2D eigenvalue weighted by molar-refractivity contribution is 7.21. The van der Waals surface area contributed by atoms with E-state index in [0.717, 1.165) is 65.8 Å². The fourth-order valence-electron chi connectivity index (χ4n) is 5.50. The number of hydrogen-bond acceptors (Lipinski definition) is 7. The highest BCUT2D eigenvalue weighted by Gasteiger charge is 2.33. The second-order valence-corrected chi connectivity index (χ2v) is 11.6. The predicted molar refractivity (Wildman–Crippen MR) is 159 cm³/mol. The third-order valence-electron chi connectivity index (χ3n) is 7.79. The average molecular weight is 614 g/mol. The average Bonchev–Trinajstić information content (AvgIpc) is 3.39. The van der Waals surface area contributed by atoms with Gasteiger partial charge in [-0.25, -0.2) is 18.6 Å². The van der Waals surface area contributed by atoms with Crippen molar-refractivity contribution in [1.29, 1.82) is 0 Å². The van der Waals surface area contributed by atoms with Crippen LogP contribution < -0.4 is 10.1 Å². The Balaban J connectivity index is 1.56. The monoisotopic (exact) mass is 613 g/mol. The van der Waals surface area contributed by atoms with Crippen molar-refractivity contribution in [3.63, 3.8) is 0 Å². The first kappa shape index (κ1) is 29.9. The van der Waals surface area contributed by atoms with Crippen molar-refractivity contribution >= 4 is 44.9 Å². The van der Waals surface area contributed by atoms with Crippen LogP contribution in [0.1, 0.15) is 51.4 Å². The van der Waals surface area contributed by atoms with Crippen molar-refractivity contribution in [2.24, 2.45) is 0 Å². The van der Waals surface area contributed by atoms with Crippen LogP contribution in [0.25, 0.3) is 21.2 Å². The molecule has 5 rings (SSSR count). The molecule has 1 N–H and O–H groups in total. The Morgan fingerprint density at radius 1 is 1.05 bits per heavy atom. The molecule has 11 heteroatoms. The number of aromatic nitrogens is 1. The summed E-state index contributed by atoms with van der Waals surface area (Å²) in [5.74, 6) is -1.67. The van der Waals surface area contributed by atoms with Crippen LogP contribution in [0, 0.1) is 11.6 Å². The van der Waals surface area contributed by atoms with Gasteiger partial charge in [0.2, 0.25) is 0 Å². The van der Waals surface area contributed by atoms with Gasteiger partial charge >= 0.3 is 5.97 Å². The van der Waals surface area contributed by atoms with Crippen LogP contribution in [0.15, 0.2) is 48.7 Å². The van der Waals surface area contributed by atoms with Gasteiger partial charge in [0, 0.05) is 30.4 Å². The quantitative estimate of drug-likeness (QED) is 0.219. The third kappa shape index (κ3) is 5.84. The van der Waals surface area contributed by atoms with Crippen LogP contribution in [0.4, 0.5) is 8.78 Å². The summed E-state index contributed by atoms with van der Waals surface area (Å²) in [4.78, 5) is 32.2. The zero-order valence-electron chi connectivity index (χ0n) is 23.4. The molecule has 7 nitrogen and oxygen atoms in total. The first-order valence-corrected chi connectivity index (χ1v) is 14.7. The van der Waals surface area contributed by atoms with E-state index in [1.165, 1.54) is 13.3 Å². The number of carbonyl (C=O) groups excluding carboxylic acids is 2. The van der Waals surface area contributed by atoms with Crippen LogP contribution in [0.3, 0.4) is 0 Å². The highest BCUT2D eigenvalue weighted by atomic mass is 35.5. The molecule has 1 fully saturated rings. The Labute approximate surface area is 251 Å². The van der Waals surface area contributed by atoms with Gasteiger partial charge in [0.1, 0.15) is 28.0 Å². The molecule has 4 aromatic rings. The van der Waals surface area contributed by atoms with Gasteiger partial charge in [0.05, 0.1) is 29.3 Å². The number of esters is 1. The number of fused-ring (bicyclic) bond motifs is 1. The van der Waals surface area contributed by atoms with Gasteiger partial charge < -0.3 is 19.7 Å². The summed E-state index contributed by atoms with van der Waals surface area (Å²) in [6, 6.07) is 11.3. The fraction of sp³-hybridized carbons (Fsp3) is 0.323. The Bertz CT molecular complexity index is 1640. The molecule has 0 bridgehead atoms. The number of ether oxygens (including phenoxy) is 2. The summed E-state index contributed by atoms with van der Waals surface area (Å²) >= 11 is 7.42. The third-order valence-corrected chi connectivity index (χ3v) is 9.47. The molecule has 0 aliphatic heterocycles.